The number of amides is 3. The number of carbonyl (C=O) groups excluding carboxylic acids is 3. The Bertz CT molecular complexity index is 1060. The lowest BCUT2D eigenvalue weighted by atomic mass is 10.2. The van der Waals surface area contributed by atoms with E-state index in [-0.39, 0.29) is 11.4 Å². The standard InChI is InChI=1S/C24H25ClN2O5S/c1-3-5-12-32-19-11-6-16(13-20(19)31-4-2)14-21-23(29)27(24(30)33-21)15-22(28)26-18-9-7-17(25)8-10-18/h6-11,13-14H,3-5,12,15H2,1-2H3,(H,26,28)/b21-14-. The van der Waals surface area contributed by atoms with Crippen molar-refractivity contribution in [1.82, 2.24) is 4.90 Å². The summed E-state index contributed by atoms with van der Waals surface area (Å²) in [7, 11) is 0. The Balaban J connectivity index is 1.69. The van der Waals surface area contributed by atoms with E-state index in [0.29, 0.717) is 41.0 Å². The molecule has 0 spiro atoms. The first-order chi connectivity index (χ1) is 15.9. The van der Waals surface area contributed by atoms with Gasteiger partial charge in [0.25, 0.3) is 11.1 Å². The zero-order valence-corrected chi connectivity index (χ0v) is 20.0. The van der Waals surface area contributed by atoms with Crippen molar-refractivity contribution in [3.8, 4) is 11.5 Å². The lowest BCUT2D eigenvalue weighted by Gasteiger charge is -2.13. The number of imide groups is 1. The minimum Gasteiger partial charge on any atom is -0.490 e. The molecule has 1 aliphatic heterocycles. The Labute approximate surface area is 202 Å². The molecule has 1 N–H and O–H groups in total. The lowest BCUT2D eigenvalue weighted by molar-refractivity contribution is -0.127. The number of anilines is 1. The largest absolute Gasteiger partial charge is 0.490 e. The van der Waals surface area contributed by atoms with E-state index in [1.165, 1.54) is 0 Å². The molecule has 1 fully saturated rings. The number of hydrogen-bond donors (Lipinski definition) is 1. The summed E-state index contributed by atoms with van der Waals surface area (Å²) in [6.07, 6.45) is 3.57. The Kier molecular flexibility index (Phi) is 8.79. The van der Waals surface area contributed by atoms with Crippen LogP contribution in [0.2, 0.25) is 5.02 Å². The number of unbranched alkanes of at least 4 members (excludes halogenated alkanes) is 1. The monoisotopic (exact) mass is 488 g/mol. The van der Waals surface area contributed by atoms with E-state index >= 15 is 0 Å². The highest BCUT2D eigenvalue weighted by Crippen LogP contribution is 2.34. The van der Waals surface area contributed by atoms with Gasteiger partial charge in [0.1, 0.15) is 6.54 Å². The normalized spacial score (nSPS) is 14.6. The Morgan fingerprint density at radius 2 is 1.85 bits per heavy atom. The summed E-state index contributed by atoms with van der Waals surface area (Å²) >= 11 is 6.63. The van der Waals surface area contributed by atoms with Crippen molar-refractivity contribution in [3.63, 3.8) is 0 Å². The van der Waals surface area contributed by atoms with Crippen molar-refractivity contribution >= 4 is 52.2 Å². The fourth-order valence-electron chi connectivity index (χ4n) is 2.99. The average Bonchev–Trinajstić information content (AvgIpc) is 3.04. The van der Waals surface area contributed by atoms with Crippen molar-refractivity contribution < 1.29 is 23.9 Å². The van der Waals surface area contributed by atoms with Crippen LogP contribution in [0.25, 0.3) is 6.08 Å². The number of ether oxygens (including phenoxy) is 2. The molecule has 2 aromatic rings. The molecule has 0 unspecified atom stereocenters. The van der Waals surface area contributed by atoms with E-state index < -0.39 is 17.1 Å². The number of carbonyl (C=O) groups is 3. The van der Waals surface area contributed by atoms with E-state index in [1.807, 2.05) is 6.92 Å². The molecule has 0 aliphatic carbocycles. The molecular formula is C24H25ClN2O5S. The van der Waals surface area contributed by atoms with Gasteiger partial charge in [0, 0.05) is 10.7 Å². The Morgan fingerprint density at radius 1 is 1.09 bits per heavy atom. The molecule has 0 radical (unpaired) electrons. The van der Waals surface area contributed by atoms with Crippen LogP contribution < -0.4 is 14.8 Å². The van der Waals surface area contributed by atoms with E-state index in [2.05, 4.69) is 12.2 Å². The predicted molar refractivity (Wildman–Crippen MR) is 131 cm³/mol. The van der Waals surface area contributed by atoms with Gasteiger partial charge >= 0.3 is 0 Å². The van der Waals surface area contributed by atoms with Crippen molar-refractivity contribution in [2.75, 3.05) is 25.1 Å². The van der Waals surface area contributed by atoms with Gasteiger partial charge in [-0.05, 0) is 73.1 Å². The van der Waals surface area contributed by atoms with E-state index in [0.717, 1.165) is 29.5 Å². The third-order valence-corrected chi connectivity index (χ3v) is 5.78. The lowest BCUT2D eigenvalue weighted by Crippen LogP contribution is -2.36. The van der Waals surface area contributed by atoms with Crippen molar-refractivity contribution in [1.29, 1.82) is 0 Å². The van der Waals surface area contributed by atoms with Crippen molar-refractivity contribution in [3.05, 3.63) is 58.0 Å². The summed E-state index contributed by atoms with van der Waals surface area (Å²) in [4.78, 5) is 38.6. The molecule has 1 aliphatic rings. The summed E-state index contributed by atoms with van der Waals surface area (Å²) in [6.45, 7) is 4.64. The zero-order valence-electron chi connectivity index (χ0n) is 18.4. The fraction of sp³-hybridized carbons (Fsp3) is 0.292. The average molecular weight is 489 g/mol. The molecule has 0 aromatic heterocycles. The second-order valence-corrected chi connectivity index (χ2v) is 8.59. The summed E-state index contributed by atoms with van der Waals surface area (Å²) in [5.41, 5.74) is 1.22. The second-order valence-electron chi connectivity index (χ2n) is 7.16. The molecule has 33 heavy (non-hydrogen) atoms. The summed E-state index contributed by atoms with van der Waals surface area (Å²) < 4.78 is 11.5. The highest BCUT2D eigenvalue weighted by atomic mass is 35.5. The molecule has 0 bridgehead atoms. The number of hydrogen-bond acceptors (Lipinski definition) is 6. The number of rotatable bonds is 10. The highest BCUT2D eigenvalue weighted by molar-refractivity contribution is 8.18. The number of nitrogens with zero attached hydrogens (tertiary/aromatic N) is 1. The van der Waals surface area contributed by atoms with Gasteiger partial charge in [0.05, 0.1) is 18.1 Å². The summed E-state index contributed by atoms with van der Waals surface area (Å²) in [6, 6.07) is 11.9. The van der Waals surface area contributed by atoms with Gasteiger partial charge in [-0.25, -0.2) is 0 Å². The molecule has 9 heteroatoms. The number of benzene rings is 2. The van der Waals surface area contributed by atoms with Gasteiger partial charge in [0.2, 0.25) is 5.91 Å². The van der Waals surface area contributed by atoms with Crippen LogP contribution in [0.4, 0.5) is 10.5 Å². The second kappa shape index (κ2) is 11.8. The van der Waals surface area contributed by atoms with Crippen LogP contribution in [0.3, 0.4) is 0 Å². The quantitative estimate of drug-likeness (QED) is 0.346. The Hall–Kier alpha value is -2.97. The summed E-state index contributed by atoms with van der Waals surface area (Å²) in [5.74, 6) is 0.212. The SMILES string of the molecule is CCCCOc1ccc(/C=C2\SC(=O)N(CC(=O)Nc3ccc(Cl)cc3)C2=O)cc1OCC. The van der Waals surface area contributed by atoms with Crippen LogP contribution in [-0.2, 0) is 9.59 Å². The smallest absolute Gasteiger partial charge is 0.294 e. The van der Waals surface area contributed by atoms with Gasteiger partial charge in [-0.15, -0.1) is 0 Å². The van der Waals surface area contributed by atoms with Gasteiger partial charge in [0.15, 0.2) is 11.5 Å². The molecule has 1 saturated heterocycles. The molecule has 7 nitrogen and oxygen atoms in total. The van der Waals surface area contributed by atoms with Crippen LogP contribution in [0.1, 0.15) is 32.3 Å². The molecule has 1 heterocycles. The minimum atomic E-state index is -0.516. The van der Waals surface area contributed by atoms with Crippen molar-refractivity contribution in [2.24, 2.45) is 0 Å². The van der Waals surface area contributed by atoms with Crippen LogP contribution in [0.15, 0.2) is 47.4 Å². The zero-order chi connectivity index (χ0) is 23.8. The van der Waals surface area contributed by atoms with E-state index in [9.17, 15) is 14.4 Å². The first kappa shape index (κ1) is 24.7. The van der Waals surface area contributed by atoms with Crippen molar-refractivity contribution in [2.45, 2.75) is 26.7 Å². The van der Waals surface area contributed by atoms with Crippen LogP contribution in [-0.4, -0.2) is 41.7 Å². The number of halogens is 1. The minimum absolute atomic E-state index is 0.237. The van der Waals surface area contributed by atoms with E-state index in [4.69, 9.17) is 21.1 Å². The van der Waals surface area contributed by atoms with Crippen LogP contribution >= 0.6 is 23.4 Å². The molecule has 0 saturated carbocycles. The molecule has 3 rings (SSSR count). The van der Waals surface area contributed by atoms with Gasteiger partial charge in [-0.3, -0.25) is 19.3 Å². The van der Waals surface area contributed by atoms with Gasteiger partial charge in [-0.2, -0.15) is 0 Å². The maximum atomic E-state index is 12.8. The first-order valence-corrected chi connectivity index (χ1v) is 11.8. The van der Waals surface area contributed by atoms with Gasteiger partial charge < -0.3 is 14.8 Å². The third-order valence-electron chi connectivity index (χ3n) is 4.62. The number of nitrogens with one attached hydrogen (secondary N) is 1. The molecule has 2 aromatic carbocycles. The third kappa shape index (κ3) is 6.76. The topological polar surface area (TPSA) is 84.9 Å². The summed E-state index contributed by atoms with van der Waals surface area (Å²) in [5, 5.41) is 2.69. The Morgan fingerprint density at radius 3 is 2.55 bits per heavy atom. The highest BCUT2D eigenvalue weighted by Gasteiger charge is 2.36. The fourth-order valence-corrected chi connectivity index (χ4v) is 3.96. The molecular weight excluding hydrogens is 464 g/mol. The molecule has 174 valence electrons. The maximum Gasteiger partial charge on any atom is 0.294 e. The van der Waals surface area contributed by atoms with Crippen LogP contribution in [0.5, 0.6) is 11.5 Å². The first-order valence-electron chi connectivity index (χ1n) is 10.6. The van der Waals surface area contributed by atoms with Gasteiger partial charge in [-0.1, -0.05) is 31.0 Å². The molecule has 0 atom stereocenters. The number of thioether (sulfide) groups is 1. The predicted octanol–water partition coefficient (Wildman–Crippen LogP) is 5.59. The van der Waals surface area contributed by atoms with E-state index in [1.54, 1.807) is 48.5 Å². The maximum absolute atomic E-state index is 12.8. The molecule has 3 amide bonds. The van der Waals surface area contributed by atoms with Crippen LogP contribution in [0, 0.1) is 0 Å².